The Kier molecular flexibility index (Phi) is 9.40. The predicted octanol–water partition coefficient (Wildman–Crippen LogP) is 0.0175. The first-order valence-corrected chi connectivity index (χ1v) is 7.52. The molecule has 1 aromatic rings. The third-order valence-electron chi connectivity index (χ3n) is 2.34. The second-order valence-electron chi connectivity index (χ2n) is 3.96. The van der Waals surface area contributed by atoms with Gasteiger partial charge in [0.05, 0.1) is 20.2 Å². The van der Waals surface area contributed by atoms with Crippen LogP contribution in [0.25, 0.3) is 0 Å². The summed E-state index contributed by atoms with van der Waals surface area (Å²) in [6.45, 7) is 5.15. The van der Waals surface area contributed by atoms with E-state index in [-0.39, 0.29) is 0 Å². The molecule has 0 spiro atoms. The molecule has 0 aromatic carbocycles. The topological polar surface area (TPSA) is 101 Å². The Bertz CT molecular complexity index is 408. The van der Waals surface area contributed by atoms with Gasteiger partial charge in [0.25, 0.3) is 0 Å². The number of hydrogen-bond donors (Lipinski definition) is 1. The molecule has 1 rings (SSSR count). The number of aryl methyl sites for hydroxylation is 2. The smallest absolute Gasteiger partial charge is 0.243 e. The lowest BCUT2D eigenvalue weighted by atomic mass is 10.3. The molecule has 0 aliphatic rings. The molecule has 1 aromatic heterocycles. The van der Waals surface area contributed by atoms with Crippen LogP contribution in [-0.2, 0) is 27.7 Å². The molecule has 0 amide bonds. The van der Waals surface area contributed by atoms with Crippen molar-refractivity contribution in [2.75, 3.05) is 13.7 Å². The summed E-state index contributed by atoms with van der Waals surface area (Å²) < 4.78 is 35.5. The van der Waals surface area contributed by atoms with Gasteiger partial charge in [-0.2, -0.15) is 0 Å². The molecule has 0 radical (unpaired) electrons. The lowest BCUT2D eigenvalue weighted by molar-refractivity contribution is -0.696. The first kappa shape index (κ1) is 18.0. The Morgan fingerprint density at radius 2 is 2.05 bits per heavy atom. The fourth-order valence-electron chi connectivity index (χ4n) is 1.32. The molecule has 0 saturated heterocycles. The Balaban J connectivity index is 0.000000459. The van der Waals surface area contributed by atoms with E-state index in [9.17, 15) is 13.0 Å². The molecule has 0 unspecified atom stereocenters. The summed E-state index contributed by atoms with van der Waals surface area (Å²) in [4.78, 5) is 0. The zero-order valence-corrected chi connectivity index (χ0v) is 12.3. The highest BCUT2D eigenvalue weighted by Crippen LogP contribution is 1.92. The number of hydrogen-bond acceptors (Lipinski definition) is 5. The molecule has 7 nitrogen and oxygen atoms in total. The summed E-state index contributed by atoms with van der Waals surface area (Å²) in [6, 6.07) is 0. The van der Waals surface area contributed by atoms with Gasteiger partial charge in [-0.3, -0.25) is 4.18 Å². The van der Waals surface area contributed by atoms with E-state index < -0.39 is 10.4 Å². The highest BCUT2D eigenvalue weighted by Gasteiger charge is 2.01. The van der Waals surface area contributed by atoms with Gasteiger partial charge in [0, 0.05) is 0 Å². The highest BCUT2D eigenvalue weighted by molar-refractivity contribution is 7.80. The number of nitrogens with zero attached hydrogens (tertiary/aromatic N) is 2. The van der Waals surface area contributed by atoms with Crippen LogP contribution in [0.4, 0.5) is 0 Å². The van der Waals surface area contributed by atoms with E-state index in [4.69, 9.17) is 5.73 Å². The van der Waals surface area contributed by atoms with Crippen molar-refractivity contribution in [2.45, 2.75) is 39.3 Å². The van der Waals surface area contributed by atoms with Crippen molar-refractivity contribution < 1.29 is 21.7 Å². The van der Waals surface area contributed by atoms with Gasteiger partial charge < -0.3 is 10.3 Å². The van der Waals surface area contributed by atoms with E-state index in [1.807, 2.05) is 0 Å². The molecule has 8 heteroatoms. The molecule has 0 aliphatic carbocycles. The van der Waals surface area contributed by atoms with Crippen molar-refractivity contribution in [1.29, 1.82) is 0 Å². The van der Waals surface area contributed by atoms with E-state index >= 15 is 0 Å². The number of rotatable bonds is 7. The predicted molar refractivity (Wildman–Crippen MR) is 69.9 cm³/mol. The van der Waals surface area contributed by atoms with Crippen molar-refractivity contribution in [3.05, 3.63) is 18.7 Å². The SMILES string of the molecule is CCCCn1cc[n+](CCCN)c1.COS(=O)(=O)[O-]. The van der Waals surface area contributed by atoms with Gasteiger partial charge in [0.1, 0.15) is 12.4 Å². The van der Waals surface area contributed by atoms with E-state index in [1.54, 1.807) is 0 Å². The van der Waals surface area contributed by atoms with Crippen molar-refractivity contribution >= 4 is 10.4 Å². The van der Waals surface area contributed by atoms with Crippen LogP contribution in [0.5, 0.6) is 0 Å². The summed E-state index contributed by atoms with van der Waals surface area (Å²) in [7, 11) is -3.60. The Morgan fingerprint density at radius 1 is 1.42 bits per heavy atom. The van der Waals surface area contributed by atoms with Crippen LogP contribution in [0.2, 0.25) is 0 Å². The van der Waals surface area contributed by atoms with E-state index in [0.717, 1.165) is 33.2 Å². The minimum Gasteiger partial charge on any atom is -0.726 e. The maximum absolute atomic E-state index is 9.22. The van der Waals surface area contributed by atoms with E-state index in [2.05, 4.69) is 39.0 Å². The summed E-state index contributed by atoms with van der Waals surface area (Å²) in [6.07, 6.45) is 9.97. The lowest BCUT2D eigenvalue weighted by Gasteiger charge is -1.98. The molecule has 19 heavy (non-hydrogen) atoms. The largest absolute Gasteiger partial charge is 0.726 e. The zero-order valence-electron chi connectivity index (χ0n) is 11.5. The summed E-state index contributed by atoms with van der Waals surface area (Å²) >= 11 is 0. The summed E-state index contributed by atoms with van der Waals surface area (Å²) in [5, 5.41) is 0. The summed E-state index contributed by atoms with van der Waals surface area (Å²) in [5.74, 6) is 0. The van der Waals surface area contributed by atoms with Crippen LogP contribution < -0.4 is 10.3 Å². The van der Waals surface area contributed by atoms with Crippen LogP contribution in [0.15, 0.2) is 18.7 Å². The molecule has 0 bridgehead atoms. The van der Waals surface area contributed by atoms with Crippen molar-refractivity contribution in [2.24, 2.45) is 5.73 Å². The quantitative estimate of drug-likeness (QED) is 0.434. The van der Waals surface area contributed by atoms with Gasteiger partial charge in [-0.25, -0.2) is 17.6 Å². The number of nitrogens with two attached hydrogens (primary N) is 1. The molecule has 2 N–H and O–H groups in total. The fraction of sp³-hybridized carbons (Fsp3) is 0.727. The minimum atomic E-state index is -4.41. The van der Waals surface area contributed by atoms with Gasteiger partial charge >= 0.3 is 0 Å². The van der Waals surface area contributed by atoms with Crippen molar-refractivity contribution in [3.63, 3.8) is 0 Å². The zero-order chi connectivity index (χ0) is 14.7. The van der Waals surface area contributed by atoms with Crippen LogP contribution in [0.3, 0.4) is 0 Å². The number of unbranched alkanes of at least 4 members (excludes halogenated alkanes) is 1. The molecule has 0 fully saturated rings. The Labute approximate surface area is 114 Å². The molecular formula is C11H23N3O4S. The van der Waals surface area contributed by atoms with Gasteiger partial charge in [-0.1, -0.05) is 13.3 Å². The first-order valence-electron chi connectivity index (χ1n) is 6.19. The average Bonchev–Trinajstić information content (AvgIpc) is 2.81. The van der Waals surface area contributed by atoms with Crippen molar-refractivity contribution in [1.82, 2.24) is 4.57 Å². The van der Waals surface area contributed by atoms with Gasteiger partial charge in [0.15, 0.2) is 0 Å². The maximum atomic E-state index is 9.22. The Hall–Kier alpha value is -0.960. The number of aromatic nitrogens is 2. The monoisotopic (exact) mass is 293 g/mol. The number of imidazole rings is 1. The Morgan fingerprint density at radius 3 is 2.53 bits per heavy atom. The average molecular weight is 293 g/mol. The summed E-state index contributed by atoms with van der Waals surface area (Å²) in [5.41, 5.74) is 5.44. The van der Waals surface area contributed by atoms with Crippen LogP contribution in [0, 0.1) is 0 Å². The third-order valence-corrected chi connectivity index (χ3v) is 2.75. The van der Waals surface area contributed by atoms with Crippen LogP contribution >= 0.6 is 0 Å². The lowest BCUT2D eigenvalue weighted by Crippen LogP contribution is -2.32. The third kappa shape index (κ3) is 10.6. The van der Waals surface area contributed by atoms with Crippen LogP contribution in [-0.4, -0.2) is 31.2 Å². The molecule has 0 atom stereocenters. The normalized spacial score (nSPS) is 10.9. The highest BCUT2D eigenvalue weighted by atomic mass is 32.3. The minimum absolute atomic E-state index is 0.771. The van der Waals surface area contributed by atoms with Crippen LogP contribution in [0.1, 0.15) is 26.2 Å². The molecule has 112 valence electrons. The second kappa shape index (κ2) is 9.90. The van der Waals surface area contributed by atoms with Gasteiger partial charge in [0.2, 0.25) is 16.7 Å². The standard InChI is InChI=1S/C10H20N3.CH4O4S/c1-2-3-6-12-8-9-13(10-12)7-4-5-11;1-5-6(2,3)4/h8-10H,2-7,11H2,1H3;1H3,(H,2,3,4)/q+1;/p-1. The molecule has 1 heterocycles. The first-order chi connectivity index (χ1) is 8.92. The van der Waals surface area contributed by atoms with Gasteiger partial charge in [-0.15, -0.1) is 0 Å². The molecular weight excluding hydrogens is 270 g/mol. The maximum Gasteiger partial charge on any atom is 0.243 e. The van der Waals surface area contributed by atoms with Gasteiger partial charge in [-0.05, 0) is 19.4 Å². The molecule has 0 saturated carbocycles. The fourth-order valence-corrected chi connectivity index (χ4v) is 1.32. The van der Waals surface area contributed by atoms with E-state index in [0.29, 0.717) is 0 Å². The molecule has 0 aliphatic heterocycles. The second-order valence-corrected chi connectivity index (χ2v) is 5.11. The van der Waals surface area contributed by atoms with Crippen molar-refractivity contribution in [3.8, 4) is 0 Å². The van der Waals surface area contributed by atoms with E-state index in [1.165, 1.54) is 12.8 Å².